The molecule has 0 bridgehead atoms. The quantitative estimate of drug-likeness (QED) is 0.697. The van der Waals surface area contributed by atoms with Crippen molar-refractivity contribution in [1.82, 2.24) is 5.32 Å². The van der Waals surface area contributed by atoms with Gasteiger partial charge in [0.25, 0.3) is 0 Å². The van der Waals surface area contributed by atoms with Gasteiger partial charge in [-0.3, -0.25) is 0 Å². The summed E-state index contributed by atoms with van der Waals surface area (Å²) in [6.45, 7) is 5.34. The fourth-order valence-corrected chi connectivity index (χ4v) is 3.22. The van der Waals surface area contributed by atoms with E-state index < -0.39 is 0 Å². The Hall–Kier alpha value is -0.120. The SMILES string of the molecule is CCCNC(CCC1CCCO1)CCC1CCCO1. The van der Waals surface area contributed by atoms with Crippen molar-refractivity contribution in [3.63, 3.8) is 0 Å². The molecule has 0 aromatic heterocycles. The number of nitrogens with one attached hydrogen (secondary N) is 1. The molecule has 0 spiro atoms. The summed E-state index contributed by atoms with van der Waals surface area (Å²) >= 11 is 0. The van der Waals surface area contributed by atoms with Gasteiger partial charge in [-0.05, 0) is 64.3 Å². The highest BCUT2D eigenvalue weighted by Gasteiger charge is 2.20. The first-order valence-electron chi connectivity index (χ1n) is 8.35. The maximum atomic E-state index is 5.73. The molecule has 3 heteroatoms. The first kappa shape index (κ1) is 15.3. The topological polar surface area (TPSA) is 30.5 Å². The molecular formula is C16H31NO2. The third-order valence-corrected chi connectivity index (χ3v) is 4.41. The Morgan fingerprint density at radius 3 is 2.00 bits per heavy atom. The fourth-order valence-electron chi connectivity index (χ4n) is 3.22. The van der Waals surface area contributed by atoms with Crippen LogP contribution in [0.1, 0.15) is 64.7 Å². The van der Waals surface area contributed by atoms with Crippen molar-refractivity contribution < 1.29 is 9.47 Å². The van der Waals surface area contributed by atoms with E-state index in [2.05, 4.69) is 12.2 Å². The van der Waals surface area contributed by atoms with Crippen LogP contribution in [0.5, 0.6) is 0 Å². The molecule has 3 nitrogen and oxygen atoms in total. The normalized spacial score (nSPS) is 28.9. The van der Waals surface area contributed by atoms with Crippen LogP contribution in [-0.4, -0.2) is 38.0 Å². The molecule has 19 heavy (non-hydrogen) atoms. The lowest BCUT2D eigenvalue weighted by molar-refractivity contribution is 0.0912. The summed E-state index contributed by atoms with van der Waals surface area (Å²) in [5, 5.41) is 3.71. The highest BCUT2D eigenvalue weighted by Crippen LogP contribution is 2.21. The van der Waals surface area contributed by atoms with Gasteiger partial charge in [0.2, 0.25) is 0 Å². The van der Waals surface area contributed by atoms with E-state index in [1.54, 1.807) is 0 Å². The summed E-state index contributed by atoms with van der Waals surface area (Å²) in [5.74, 6) is 0. The molecule has 0 saturated carbocycles. The molecule has 2 rings (SSSR count). The third kappa shape index (κ3) is 5.80. The van der Waals surface area contributed by atoms with Crippen LogP contribution in [0.15, 0.2) is 0 Å². The van der Waals surface area contributed by atoms with Gasteiger partial charge < -0.3 is 14.8 Å². The second kappa shape index (κ2) is 8.93. The number of hydrogen-bond acceptors (Lipinski definition) is 3. The molecule has 2 atom stereocenters. The molecule has 0 radical (unpaired) electrons. The summed E-state index contributed by atoms with van der Waals surface area (Å²) in [4.78, 5) is 0. The largest absolute Gasteiger partial charge is 0.378 e. The van der Waals surface area contributed by atoms with Crippen molar-refractivity contribution in [2.45, 2.75) is 83.0 Å². The van der Waals surface area contributed by atoms with Crippen LogP contribution >= 0.6 is 0 Å². The van der Waals surface area contributed by atoms with Crippen LogP contribution in [0.2, 0.25) is 0 Å². The van der Waals surface area contributed by atoms with Gasteiger partial charge in [0, 0.05) is 19.3 Å². The first-order chi connectivity index (χ1) is 9.38. The first-order valence-corrected chi connectivity index (χ1v) is 8.35. The fraction of sp³-hybridized carbons (Fsp3) is 1.00. The van der Waals surface area contributed by atoms with E-state index in [9.17, 15) is 0 Å². The van der Waals surface area contributed by atoms with Gasteiger partial charge in [-0.1, -0.05) is 6.92 Å². The molecule has 2 aliphatic rings. The summed E-state index contributed by atoms with van der Waals surface area (Å²) in [6.07, 6.45) is 12.3. The number of hydrogen-bond donors (Lipinski definition) is 1. The Bertz CT molecular complexity index is 203. The number of rotatable bonds is 9. The molecule has 2 aliphatic heterocycles. The van der Waals surface area contributed by atoms with E-state index in [-0.39, 0.29) is 0 Å². The Morgan fingerprint density at radius 1 is 1.00 bits per heavy atom. The van der Waals surface area contributed by atoms with Crippen molar-refractivity contribution in [3.8, 4) is 0 Å². The van der Waals surface area contributed by atoms with E-state index >= 15 is 0 Å². The van der Waals surface area contributed by atoms with E-state index in [0.29, 0.717) is 18.2 Å². The predicted octanol–water partition coefficient (Wildman–Crippen LogP) is 3.27. The van der Waals surface area contributed by atoms with Crippen molar-refractivity contribution >= 4 is 0 Å². The van der Waals surface area contributed by atoms with E-state index in [1.807, 2.05) is 0 Å². The zero-order chi connectivity index (χ0) is 13.3. The van der Waals surface area contributed by atoms with Gasteiger partial charge in [0.05, 0.1) is 12.2 Å². The molecule has 2 unspecified atom stereocenters. The lowest BCUT2D eigenvalue weighted by Crippen LogP contribution is -2.31. The van der Waals surface area contributed by atoms with Gasteiger partial charge in [-0.15, -0.1) is 0 Å². The number of ether oxygens (including phenoxy) is 2. The zero-order valence-electron chi connectivity index (χ0n) is 12.5. The summed E-state index contributed by atoms with van der Waals surface area (Å²) in [5.41, 5.74) is 0. The lowest BCUT2D eigenvalue weighted by Gasteiger charge is -2.21. The summed E-state index contributed by atoms with van der Waals surface area (Å²) in [7, 11) is 0. The molecule has 2 fully saturated rings. The van der Waals surface area contributed by atoms with Crippen LogP contribution in [0, 0.1) is 0 Å². The van der Waals surface area contributed by atoms with Gasteiger partial charge in [0.15, 0.2) is 0 Å². The summed E-state index contributed by atoms with van der Waals surface area (Å²) < 4.78 is 11.5. The Kier molecular flexibility index (Phi) is 7.18. The van der Waals surface area contributed by atoms with Gasteiger partial charge in [0.1, 0.15) is 0 Å². The maximum Gasteiger partial charge on any atom is 0.0576 e. The minimum atomic E-state index is 0.536. The van der Waals surface area contributed by atoms with E-state index in [4.69, 9.17) is 9.47 Å². The Morgan fingerprint density at radius 2 is 1.58 bits per heavy atom. The van der Waals surface area contributed by atoms with Crippen molar-refractivity contribution in [1.29, 1.82) is 0 Å². The predicted molar refractivity (Wildman–Crippen MR) is 78.5 cm³/mol. The van der Waals surface area contributed by atoms with Gasteiger partial charge in [-0.2, -0.15) is 0 Å². The summed E-state index contributed by atoms with van der Waals surface area (Å²) in [6, 6.07) is 0.661. The third-order valence-electron chi connectivity index (χ3n) is 4.41. The highest BCUT2D eigenvalue weighted by atomic mass is 16.5. The molecule has 0 aromatic rings. The minimum Gasteiger partial charge on any atom is -0.378 e. The Balaban J connectivity index is 1.64. The molecule has 1 N–H and O–H groups in total. The van der Waals surface area contributed by atoms with E-state index in [0.717, 1.165) is 19.8 Å². The van der Waals surface area contributed by atoms with Crippen molar-refractivity contribution in [2.75, 3.05) is 19.8 Å². The monoisotopic (exact) mass is 269 g/mol. The average molecular weight is 269 g/mol. The van der Waals surface area contributed by atoms with Crippen molar-refractivity contribution in [2.24, 2.45) is 0 Å². The molecule has 0 aromatic carbocycles. The molecule has 0 aliphatic carbocycles. The van der Waals surface area contributed by atoms with Crippen LogP contribution in [0.4, 0.5) is 0 Å². The van der Waals surface area contributed by atoms with Crippen LogP contribution in [0.3, 0.4) is 0 Å². The van der Waals surface area contributed by atoms with Crippen molar-refractivity contribution in [3.05, 3.63) is 0 Å². The molecule has 112 valence electrons. The molecular weight excluding hydrogens is 238 g/mol. The lowest BCUT2D eigenvalue weighted by atomic mass is 9.99. The van der Waals surface area contributed by atoms with Crippen LogP contribution in [-0.2, 0) is 9.47 Å². The average Bonchev–Trinajstić information content (AvgIpc) is 3.11. The minimum absolute atomic E-state index is 0.536. The smallest absolute Gasteiger partial charge is 0.0576 e. The Labute approximate surface area is 118 Å². The van der Waals surface area contributed by atoms with Gasteiger partial charge >= 0.3 is 0 Å². The zero-order valence-corrected chi connectivity index (χ0v) is 12.5. The standard InChI is InChI=1S/C16H31NO2/c1-2-11-17-14(7-9-15-5-3-12-18-15)8-10-16-6-4-13-19-16/h14-17H,2-13H2,1H3. The molecule has 0 amide bonds. The molecule has 2 heterocycles. The second-order valence-electron chi connectivity index (χ2n) is 6.08. The second-order valence-corrected chi connectivity index (χ2v) is 6.08. The maximum absolute atomic E-state index is 5.73. The highest BCUT2D eigenvalue weighted by molar-refractivity contribution is 4.75. The van der Waals surface area contributed by atoms with Crippen LogP contribution in [0.25, 0.3) is 0 Å². The van der Waals surface area contributed by atoms with Gasteiger partial charge in [-0.25, -0.2) is 0 Å². The van der Waals surface area contributed by atoms with E-state index in [1.165, 1.54) is 57.8 Å². The van der Waals surface area contributed by atoms with Crippen LogP contribution < -0.4 is 5.32 Å². The molecule has 2 saturated heterocycles.